The maximum absolute atomic E-state index is 5.93. The molecule has 1 atom stereocenters. The molecule has 2 rings (SSSR count). The van der Waals surface area contributed by atoms with Gasteiger partial charge in [0.15, 0.2) is 0 Å². The van der Waals surface area contributed by atoms with Gasteiger partial charge in [-0.15, -0.1) is 21.8 Å². The molecule has 1 aliphatic rings. The van der Waals surface area contributed by atoms with Gasteiger partial charge in [0.25, 0.3) is 0 Å². The molecule has 0 heterocycles. The lowest BCUT2D eigenvalue weighted by molar-refractivity contribution is 0.271. The van der Waals surface area contributed by atoms with Gasteiger partial charge in [0.05, 0.1) is 13.6 Å². The molecule has 1 nitrogen and oxygen atoms in total. The average molecular weight is 430 g/mol. The summed E-state index contributed by atoms with van der Waals surface area (Å²) in [5.41, 5.74) is 1.52. The monoisotopic (exact) mass is 430 g/mol. The quantitative estimate of drug-likeness (QED) is 0.292. The summed E-state index contributed by atoms with van der Waals surface area (Å²) in [7, 11) is 0.128. The number of rotatable bonds is 8. The first-order valence-electron chi connectivity index (χ1n) is 9.01. The van der Waals surface area contributed by atoms with E-state index in [0.717, 1.165) is 24.2 Å². The summed E-state index contributed by atoms with van der Waals surface area (Å²) in [6.45, 7) is 5.49. The van der Waals surface area contributed by atoms with E-state index >= 15 is 0 Å². The van der Waals surface area contributed by atoms with Gasteiger partial charge in [0, 0.05) is 0 Å². The van der Waals surface area contributed by atoms with Crippen molar-refractivity contribution in [1.29, 1.82) is 0 Å². The Morgan fingerprint density at radius 2 is 1.86 bits per heavy atom. The smallest absolute Gasteiger partial charge is 0.119 e. The summed E-state index contributed by atoms with van der Waals surface area (Å²) in [6.07, 6.45) is 8.38. The van der Waals surface area contributed by atoms with Gasteiger partial charge in [-0.05, 0) is 67.2 Å². The Morgan fingerprint density at radius 1 is 1.18 bits per heavy atom. The summed E-state index contributed by atoms with van der Waals surface area (Å²) in [5, 5.41) is 0. The average Bonchev–Trinajstić information content (AvgIpc) is 2.55. The van der Waals surface area contributed by atoms with Crippen molar-refractivity contribution in [3.8, 4) is 5.75 Å². The van der Waals surface area contributed by atoms with Crippen LogP contribution in [0.5, 0.6) is 5.75 Å². The zero-order valence-corrected chi connectivity index (χ0v) is 17.8. The number of benzene rings is 1. The lowest BCUT2D eigenvalue weighted by atomic mass is 9.77. The molecule has 1 aromatic rings. The van der Waals surface area contributed by atoms with Crippen molar-refractivity contribution in [1.82, 2.24) is 0 Å². The largest absolute Gasteiger partial charge is 0.493 e. The number of hydrogen-bond donors (Lipinski definition) is 0. The minimum atomic E-state index is 0.128. The van der Waals surface area contributed by atoms with Gasteiger partial charge in [-0.2, -0.15) is 0 Å². The van der Waals surface area contributed by atoms with Gasteiger partial charge in [0.2, 0.25) is 0 Å². The van der Waals surface area contributed by atoms with Crippen molar-refractivity contribution in [2.75, 3.05) is 6.61 Å². The molecule has 1 fully saturated rings. The fourth-order valence-electron chi connectivity index (χ4n) is 3.54. The van der Waals surface area contributed by atoms with E-state index in [9.17, 15) is 0 Å². The summed E-state index contributed by atoms with van der Waals surface area (Å²) in [5.74, 6) is 3.53. The number of ether oxygens (including phenoxy) is 1. The molecule has 0 amide bonds. The lowest BCUT2D eigenvalue weighted by Gasteiger charge is -2.28. The zero-order chi connectivity index (χ0) is 15.8. The molecule has 0 saturated heterocycles. The maximum atomic E-state index is 5.93. The molecule has 0 aliphatic heterocycles. The van der Waals surface area contributed by atoms with Crippen LogP contribution < -0.4 is 4.74 Å². The van der Waals surface area contributed by atoms with Crippen LogP contribution in [0.1, 0.15) is 63.9 Å². The Hall–Kier alpha value is -0.0331. The van der Waals surface area contributed by atoms with E-state index in [4.69, 9.17) is 4.74 Å². The second-order valence-electron chi connectivity index (χ2n) is 6.97. The highest BCUT2D eigenvalue weighted by atomic mass is 127. The minimum Gasteiger partial charge on any atom is -0.493 e. The molecular weight excluding hydrogens is 399 g/mol. The molecule has 1 aromatic carbocycles. The standard InChI is InChI=1S/C19H31IOSi/c1-3-4-16-5-7-17(8-6-16)18-9-11-19(12-10-18)21-13-15(2)14-22-20/h9-12,15-17H,3-8,13-14,22H2,1-2H3. The highest BCUT2D eigenvalue weighted by Gasteiger charge is 2.21. The number of hydrogen-bond acceptors (Lipinski definition) is 1. The van der Waals surface area contributed by atoms with Crippen LogP contribution in [0.15, 0.2) is 24.3 Å². The van der Waals surface area contributed by atoms with Crippen molar-refractivity contribution in [3.05, 3.63) is 29.8 Å². The van der Waals surface area contributed by atoms with Crippen molar-refractivity contribution in [2.45, 2.75) is 64.3 Å². The molecule has 124 valence electrons. The number of halogens is 1. The Morgan fingerprint density at radius 3 is 2.45 bits per heavy atom. The molecule has 0 aromatic heterocycles. The Labute approximate surface area is 151 Å². The van der Waals surface area contributed by atoms with E-state index in [1.807, 2.05) is 0 Å². The maximum Gasteiger partial charge on any atom is 0.119 e. The summed E-state index contributed by atoms with van der Waals surface area (Å²) in [6, 6.07) is 10.3. The molecule has 1 saturated carbocycles. The molecular formula is C19H31IOSi. The van der Waals surface area contributed by atoms with Crippen LogP contribution in [0, 0.1) is 11.8 Å². The van der Waals surface area contributed by atoms with E-state index in [0.29, 0.717) is 5.92 Å². The van der Waals surface area contributed by atoms with Gasteiger partial charge >= 0.3 is 0 Å². The fraction of sp³-hybridized carbons (Fsp3) is 0.684. The zero-order valence-electron chi connectivity index (χ0n) is 14.2. The van der Waals surface area contributed by atoms with Crippen LogP contribution in [0.2, 0.25) is 6.04 Å². The molecule has 1 unspecified atom stereocenters. The first kappa shape index (κ1) is 18.3. The van der Waals surface area contributed by atoms with Crippen LogP contribution in [0.4, 0.5) is 0 Å². The minimum absolute atomic E-state index is 0.128. The fourth-order valence-corrected chi connectivity index (χ4v) is 7.27. The van der Waals surface area contributed by atoms with Crippen molar-refractivity contribution < 1.29 is 4.74 Å². The van der Waals surface area contributed by atoms with Gasteiger partial charge in [0.1, 0.15) is 5.75 Å². The Balaban J connectivity index is 1.79. The van der Waals surface area contributed by atoms with Gasteiger partial charge in [-0.25, -0.2) is 0 Å². The van der Waals surface area contributed by atoms with E-state index in [-0.39, 0.29) is 7.02 Å². The molecule has 0 N–H and O–H groups in total. The van der Waals surface area contributed by atoms with E-state index in [1.165, 1.54) is 50.1 Å². The highest BCUT2D eigenvalue weighted by Crippen LogP contribution is 2.37. The van der Waals surface area contributed by atoms with Crippen LogP contribution in [0.25, 0.3) is 0 Å². The Kier molecular flexibility index (Phi) is 8.29. The van der Waals surface area contributed by atoms with Gasteiger partial charge in [-0.1, -0.05) is 38.8 Å². The first-order valence-corrected chi connectivity index (χ1v) is 15.1. The highest BCUT2D eigenvalue weighted by molar-refractivity contribution is 14.1. The molecule has 1 aliphatic carbocycles. The van der Waals surface area contributed by atoms with E-state index in [1.54, 1.807) is 0 Å². The van der Waals surface area contributed by atoms with Gasteiger partial charge in [-0.3, -0.25) is 0 Å². The van der Waals surface area contributed by atoms with Gasteiger partial charge < -0.3 is 4.74 Å². The van der Waals surface area contributed by atoms with E-state index < -0.39 is 0 Å². The third-order valence-corrected chi connectivity index (χ3v) is 8.10. The van der Waals surface area contributed by atoms with Crippen LogP contribution >= 0.6 is 21.8 Å². The van der Waals surface area contributed by atoms with Crippen LogP contribution in [-0.4, -0.2) is 13.6 Å². The predicted octanol–water partition coefficient (Wildman–Crippen LogP) is 5.71. The third kappa shape index (κ3) is 5.87. The van der Waals surface area contributed by atoms with Crippen molar-refractivity contribution in [3.63, 3.8) is 0 Å². The lowest BCUT2D eigenvalue weighted by Crippen LogP contribution is -2.13. The van der Waals surface area contributed by atoms with Crippen LogP contribution in [-0.2, 0) is 0 Å². The Bertz CT molecular complexity index is 412. The van der Waals surface area contributed by atoms with Crippen molar-refractivity contribution >= 4 is 28.8 Å². The summed E-state index contributed by atoms with van der Waals surface area (Å²) < 4.78 is 5.93. The molecule has 22 heavy (non-hydrogen) atoms. The van der Waals surface area contributed by atoms with E-state index in [2.05, 4.69) is 59.9 Å². The SMILES string of the molecule is CCCC1CCC(c2ccc(OCC(C)C[SiH2]I)cc2)CC1. The van der Waals surface area contributed by atoms with Crippen molar-refractivity contribution in [2.24, 2.45) is 11.8 Å². The summed E-state index contributed by atoms with van der Waals surface area (Å²) in [4.78, 5) is 0. The first-order chi connectivity index (χ1) is 10.7. The van der Waals surface area contributed by atoms with Crippen LogP contribution in [0.3, 0.4) is 0 Å². The molecule has 0 spiro atoms. The molecule has 0 radical (unpaired) electrons. The normalized spacial score (nSPS) is 23.8. The molecule has 0 bridgehead atoms. The second kappa shape index (κ2) is 9.96. The third-order valence-electron chi connectivity index (χ3n) is 5.03. The summed E-state index contributed by atoms with van der Waals surface area (Å²) >= 11 is 2.58. The second-order valence-corrected chi connectivity index (χ2v) is 11.2. The predicted molar refractivity (Wildman–Crippen MR) is 108 cm³/mol. The molecule has 3 heteroatoms. The topological polar surface area (TPSA) is 9.23 Å².